The number of aliphatic hydroxyl groups excluding tert-OH is 1. The second kappa shape index (κ2) is 11.2. The van der Waals surface area contributed by atoms with Crippen LogP contribution in [0.3, 0.4) is 0 Å². The highest BCUT2D eigenvalue weighted by Crippen LogP contribution is 2.65. The predicted octanol–water partition coefficient (Wildman–Crippen LogP) is 1.03. The van der Waals surface area contributed by atoms with Crippen LogP contribution in [0.25, 0.3) is 0 Å². The summed E-state index contributed by atoms with van der Waals surface area (Å²) in [6.07, 6.45) is -7.59. The van der Waals surface area contributed by atoms with Gasteiger partial charge in [-0.3, -0.25) is 9.59 Å². The summed E-state index contributed by atoms with van der Waals surface area (Å²) in [5.41, 5.74) is -0.0817. The number of likely N-dealkylation sites (N-methyl/N-ethyl adjacent to an activating group) is 1. The normalized spacial score (nSPS) is 28.4. The topological polar surface area (TPSA) is 169 Å². The van der Waals surface area contributed by atoms with E-state index in [0.29, 0.717) is 30.9 Å². The van der Waals surface area contributed by atoms with Crippen LogP contribution in [0.5, 0.6) is 11.5 Å². The number of hydrogen-bond donors (Lipinski definition) is 3. The van der Waals surface area contributed by atoms with Crippen molar-refractivity contribution >= 4 is 24.2 Å². The number of ether oxygens (including phenoxy) is 4. The zero-order valence-electron chi connectivity index (χ0n) is 22.8. The number of rotatable bonds is 7. The molecule has 2 heterocycles. The number of likely N-dealkylation sites (tertiary alicyclic amines) is 1. The van der Waals surface area contributed by atoms with Gasteiger partial charge in [0.2, 0.25) is 6.29 Å². The Labute approximate surface area is 237 Å². The van der Waals surface area contributed by atoms with Gasteiger partial charge in [-0.25, -0.2) is 9.59 Å². The largest absolute Gasteiger partial charge is 0.493 e. The first kappa shape index (κ1) is 31.3. The molecule has 3 N–H and O–H groups in total. The third-order valence-electron chi connectivity index (χ3n) is 8.17. The molecule has 2 aliphatic heterocycles. The molecule has 12 nitrogen and oxygen atoms in total. The number of nitrogens with zero attached hydrogens (tertiary/aromatic N) is 1. The summed E-state index contributed by atoms with van der Waals surface area (Å²) in [6, 6.07) is 3.67. The quantitative estimate of drug-likeness (QED) is 0.300. The lowest BCUT2D eigenvalue weighted by Gasteiger charge is -2.61. The van der Waals surface area contributed by atoms with Crippen LogP contribution in [0.2, 0.25) is 0 Å². The highest BCUT2D eigenvalue weighted by molar-refractivity contribution is 5.84. The van der Waals surface area contributed by atoms with Crippen LogP contribution in [0.1, 0.15) is 37.3 Å². The van der Waals surface area contributed by atoms with E-state index in [1.807, 2.05) is 19.2 Å². The number of aliphatic carboxylic acids is 1. The maximum atomic E-state index is 12.9. The van der Waals surface area contributed by atoms with E-state index in [9.17, 15) is 37.8 Å². The number of methoxy groups -OCH3 is 1. The number of hydrogen-bond acceptors (Lipinski definition) is 11. The number of alkyl halides is 3. The van der Waals surface area contributed by atoms with E-state index in [1.54, 1.807) is 13.2 Å². The molecule has 15 heteroatoms. The van der Waals surface area contributed by atoms with Crippen molar-refractivity contribution in [2.75, 3.05) is 20.7 Å². The molecule has 5 rings (SSSR count). The molecule has 2 bridgehead atoms. The highest BCUT2D eigenvalue weighted by Gasteiger charge is 2.72. The Morgan fingerprint density at radius 3 is 2.52 bits per heavy atom. The second-order valence-electron chi connectivity index (χ2n) is 10.6. The van der Waals surface area contributed by atoms with Gasteiger partial charge in [-0.2, -0.15) is 13.2 Å². The van der Waals surface area contributed by atoms with Crippen LogP contribution in [0.4, 0.5) is 13.2 Å². The van der Waals surface area contributed by atoms with Gasteiger partial charge in [-0.15, -0.1) is 0 Å². The van der Waals surface area contributed by atoms with Crippen molar-refractivity contribution in [3.63, 3.8) is 0 Å². The Kier molecular flexibility index (Phi) is 8.32. The van der Waals surface area contributed by atoms with Gasteiger partial charge < -0.3 is 39.2 Å². The molecule has 2 aliphatic carbocycles. The number of piperidine rings is 1. The Bertz CT molecular complexity index is 1310. The van der Waals surface area contributed by atoms with E-state index in [2.05, 4.69) is 4.90 Å². The van der Waals surface area contributed by atoms with Crippen molar-refractivity contribution in [1.82, 2.24) is 4.90 Å². The standard InChI is InChI=1S/C25H29NO10.C2HF3O/c1-12(34-23(31)14(27)11-18(28)29)22(30)35-16-6-7-25(32)17-10-13-4-5-15(33-3)20-19(13)24(25,21(16)36-20)8-9-26(17)2;3-2(4,5)1-6/h4-6,12,14,17,21,27,32H,7-11H2,1-3H3,(H,28,29);1H/t12-,14-,17+,21-,24-,25+;/m0./s1. The molecule has 0 saturated carbocycles. The van der Waals surface area contributed by atoms with Crippen LogP contribution in [-0.4, -0.2) is 101 Å². The lowest BCUT2D eigenvalue weighted by molar-refractivity contribution is -0.178. The van der Waals surface area contributed by atoms with Crippen molar-refractivity contribution in [3.05, 3.63) is 35.1 Å². The molecule has 0 aromatic heterocycles. The van der Waals surface area contributed by atoms with Gasteiger partial charge >= 0.3 is 24.1 Å². The number of carbonyl (C=O) groups is 4. The number of aliphatic hydroxyl groups is 2. The third kappa shape index (κ3) is 5.20. The van der Waals surface area contributed by atoms with Gasteiger partial charge in [-0.05, 0) is 51.1 Å². The number of carbonyl (C=O) groups excluding carboxylic acids is 3. The molecule has 42 heavy (non-hydrogen) atoms. The first-order valence-electron chi connectivity index (χ1n) is 12.9. The SMILES string of the molecule is COc1ccc2c3c1O[C@H]1C(OC(=O)[C@H](C)OC(=O)[C@@H](O)CC(=O)O)=CC[C@@]4(O)[C@@H](C2)N(C)CC[C@]314.O=CC(F)(F)F. The summed E-state index contributed by atoms with van der Waals surface area (Å²) >= 11 is 0. The summed E-state index contributed by atoms with van der Waals surface area (Å²) in [5, 5.41) is 30.5. The highest BCUT2D eigenvalue weighted by atomic mass is 19.4. The first-order valence-corrected chi connectivity index (χ1v) is 12.9. The Balaban J connectivity index is 0.000000612. The Morgan fingerprint density at radius 2 is 1.93 bits per heavy atom. The molecule has 1 spiro atoms. The molecule has 230 valence electrons. The van der Waals surface area contributed by atoms with Crippen LogP contribution in [0, 0.1) is 0 Å². The lowest BCUT2D eigenvalue weighted by Crippen LogP contribution is -2.74. The van der Waals surface area contributed by atoms with Crippen molar-refractivity contribution in [3.8, 4) is 11.5 Å². The van der Waals surface area contributed by atoms with E-state index in [-0.39, 0.29) is 18.2 Å². The monoisotopic (exact) mass is 601 g/mol. The minimum atomic E-state index is -4.64. The molecule has 1 aromatic carbocycles. The number of benzene rings is 1. The van der Waals surface area contributed by atoms with Crippen molar-refractivity contribution in [2.45, 2.75) is 74.2 Å². The van der Waals surface area contributed by atoms with E-state index in [0.717, 1.165) is 11.1 Å². The molecule has 0 radical (unpaired) electrons. The summed E-state index contributed by atoms with van der Waals surface area (Å²) in [5.74, 6) is -2.28. The van der Waals surface area contributed by atoms with Crippen molar-refractivity contribution < 1.29 is 66.6 Å². The number of carboxylic acids is 1. The molecule has 0 amide bonds. The number of aldehydes is 1. The molecule has 1 fully saturated rings. The van der Waals surface area contributed by atoms with Gasteiger partial charge in [0.15, 0.2) is 29.8 Å². The molecule has 4 aliphatic rings. The first-order chi connectivity index (χ1) is 19.6. The van der Waals surface area contributed by atoms with Gasteiger partial charge in [0, 0.05) is 18.0 Å². The van der Waals surface area contributed by atoms with Crippen molar-refractivity contribution in [2.24, 2.45) is 0 Å². The van der Waals surface area contributed by atoms with Gasteiger partial charge in [-0.1, -0.05) is 6.07 Å². The fraction of sp³-hybridized carbons (Fsp3) is 0.556. The van der Waals surface area contributed by atoms with Crippen molar-refractivity contribution in [1.29, 1.82) is 0 Å². The Morgan fingerprint density at radius 1 is 1.26 bits per heavy atom. The van der Waals surface area contributed by atoms with Gasteiger partial charge in [0.05, 0.1) is 24.5 Å². The fourth-order valence-electron chi connectivity index (χ4n) is 6.34. The number of carboxylic acid groups (broad SMARTS) is 1. The van der Waals surface area contributed by atoms with Crippen LogP contribution in [0.15, 0.2) is 24.0 Å². The minimum absolute atomic E-state index is 0.159. The van der Waals surface area contributed by atoms with Gasteiger partial charge in [0.25, 0.3) is 0 Å². The average molecular weight is 602 g/mol. The predicted molar refractivity (Wildman–Crippen MR) is 134 cm³/mol. The van der Waals surface area contributed by atoms with E-state index in [4.69, 9.17) is 28.8 Å². The molecular weight excluding hydrogens is 571 g/mol. The fourth-order valence-corrected chi connectivity index (χ4v) is 6.34. The smallest absolute Gasteiger partial charge is 0.446 e. The maximum absolute atomic E-state index is 12.9. The second-order valence-corrected chi connectivity index (χ2v) is 10.6. The van der Waals surface area contributed by atoms with Crippen LogP contribution >= 0.6 is 0 Å². The van der Waals surface area contributed by atoms with E-state index >= 15 is 0 Å². The molecule has 6 atom stereocenters. The number of halogens is 3. The minimum Gasteiger partial charge on any atom is -0.493 e. The maximum Gasteiger partial charge on any atom is 0.446 e. The zero-order chi connectivity index (χ0) is 31.2. The van der Waals surface area contributed by atoms with E-state index in [1.165, 1.54) is 6.92 Å². The van der Waals surface area contributed by atoms with Gasteiger partial charge in [0.1, 0.15) is 5.76 Å². The summed E-state index contributed by atoms with van der Waals surface area (Å²) in [7, 11) is 3.53. The molecule has 1 aromatic rings. The number of esters is 2. The molecule has 0 unspecified atom stereocenters. The van der Waals surface area contributed by atoms with E-state index < -0.39 is 66.1 Å². The summed E-state index contributed by atoms with van der Waals surface area (Å²) < 4.78 is 53.8. The summed E-state index contributed by atoms with van der Waals surface area (Å²) in [4.78, 5) is 46.4. The third-order valence-corrected chi connectivity index (χ3v) is 8.17. The summed E-state index contributed by atoms with van der Waals surface area (Å²) in [6.45, 7) is 1.98. The zero-order valence-corrected chi connectivity index (χ0v) is 22.8. The van der Waals surface area contributed by atoms with Crippen LogP contribution in [-0.2, 0) is 40.5 Å². The van der Waals surface area contributed by atoms with Crippen LogP contribution < -0.4 is 9.47 Å². The average Bonchev–Trinajstić information content (AvgIpc) is 3.27. The molecular formula is C27H30F3NO11. The molecule has 1 saturated heterocycles. The Hall–Kier alpha value is -3.69. The lowest BCUT2D eigenvalue weighted by atomic mass is 9.50.